The van der Waals surface area contributed by atoms with Gasteiger partial charge in [-0.15, -0.1) is 11.3 Å². The first kappa shape index (κ1) is 20.3. The Kier molecular flexibility index (Phi) is 7.24. The van der Waals surface area contributed by atoms with E-state index in [1.807, 2.05) is 0 Å². The number of nitriles is 2. The van der Waals surface area contributed by atoms with Crippen LogP contribution < -0.4 is 19.5 Å². The molecule has 0 spiro atoms. The molecule has 0 aliphatic carbocycles. The molecule has 6 nitrogen and oxygen atoms in total. The highest BCUT2D eigenvalue weighted by atomic mass is 32.1. The van der Waals surface area contributed by atoms with E-state index in [1.165, 1.54) is 28.8 Å². The average Bonchev–Trinajstić information content (AvgIpc) is 2.94. The molecular weight excluding hydrogens is 376 g/mol. The molecule has 9 heteroatoms. The molecule has 0 aliphatic rings. The molecule has 0 bridgehead atoms. The van der Waals surface area contributed by atoms with Crippen molar-refractivity contribution < 1.29 is 18.3 Å². The van der Waals surface area contributed by atoms with Gasteiger partial charge < -0.3 is 9.47 Å². The topological polar surface area (TPSA) is 88.0 Å². The number of thiazole rings is 1. The van der Waals surface area contributed by atoms with Gasteiger partial charge in [-0.1, -0.05) is 12.1 Å². The van der Waals surface area contributed by atoms with Gasteiger partial charge in [-0.25, -0.2) is 0 Å². The van der Waals surface area contributed by atoms with E-state index in [-0.39, 0.29) is 21.5 Å². The fourth-order valence-corrected chi connectivity index (χ4v) is 3.37. The zero-order valence-corrected chi connectivity index (χ0v) is 15.1. The third kappa shape index (κ3) is 5.23. The van der Waals surface area contributed by atoms with Gasteiger partial charge in [0.15, 0.2) is 5.57 Å². The standard InChI is InChI=1S/C18H15F2N3O3S/c1-25-8-2-7-23-16(24)15(27-17(23)13(10-21)11-22)9-12-3-5-14(6-4-12)26-18(19)20/h3-6,9,18H,2,7-8H2,1H3. The summed E-state index contributed by atoms with van der Waals surface area (Å²) in [6.45, 7) is -2.17. The Morgan fingerprint density at radius 1 is 1.30 bits per heavy atom. The van der Waals surface area contributed by atoms with Crippen LogP contribution in [0.3, 0.4) is 0 Å². The molecule has 2 aromatic rings. The molecular formula is C18H15F2N3O3S. The predicted molar refractivity (Wildman–Crippen MR) is 95.6 cm³/mol. The Hall–Kier alpha value is -3.01. The average molecular weight is 391 g/mol. The first-order chi connectivity index (χ1) is 13.0. The predicted octanol–water partition coefficient (Wildman–Crippen LogP) is 1.57. The minimum atomic E-state index is -2.91. The fraction of sp³-hybridized carbons (Fsp3) is 0.278. The Morgan fingerprint density at radius 2 is 1.96 bits per heavy atom. The summed E-state index contributed by atoms with van der Waals surface area (Å²) in [6, 6.07) is 9.40. The quantitative estimate of drug-likeness (QED) is 0.669. The maximum atomic E-state index is 12.7. The number of nitrogens with zero attached hydrogens (tertiary/aromatic N) is 3. The molecule has 27 heavy (non-hydrogen) atoms. The van der Waals surface area contributed by atoms with Crippen LogP contribution in [0.5, 0.6) is 5.75 Å². The van der Waals surface area contributed by atoms with Crippen molar-refractivity contribution in [3.05, 3.63) is 49.4 Å². The van der Waals surface area contributed by atoms with Crippen molar-refractivity contribution in [2.75, 3.05) is 13.7 Å². The lowest BCUT2D eigenvalue weighted by Gasteiger charge is -2.03. The highest BCUT2D eigenvalue weighted by Crippen LogP contribution is 2.15. The smallest absolute Gasteiger partial charge is 0.387 e. The van der Waals surface area contributed by atoms with E-state index in [1.54, 1.807) is 25.3 Å². The lowest BCUT2D eigenvalue weighted by molar-refractivity contribution is -0.0498. The number of hydrogen-bond donors (Lipinski definition) is 0. The number of ether oxygens (including phenoxy) is 2. The van der Waals surface area contributed by atoms with E-state index in [0.29, 0.717) is 29.7 Å². The first-order valence-electron chi connectivity index (χ1n) is 7.79. The van der Waals surface area contributed by atoms with Crippen LogP contribution in [0.2, 0.25) is 0 Å². The van der Waals surface area contributed by atoms with Gasteiger partial charge in [0.1, 0.15) is 22.6 Å². The van der Waals surface area contributed by atoms with Gasteiger partial charge in [-0.2, -0.15) is 19.3 Å². The molecule has 0 aliphatic heterocycles. The van der Waals surface area contributed by atoms with Gasteiger partial charge >= 0.3 is 6.61 Å². The molecule has 1 aromatic heterocycles. The SMILES string of the molecule is COCCCn1c(=C(C#N)C#N)sc(=Cc2ccc(OC(F)F)cc2)c1=O. The van der Waals surface area contributed by atoms with E-state index in [9.17, 15) is 13.6 Å². The summed E-state index contributed by atoms with van der Waals surface area (Å²) in [5, 5.41) is 18.3. The Bertz CT molecular complexity index is 1030. The van der Waals surface area contributed by atoms with Crippen LogP contribution in [0.25, 0.3) is 11.6 Å². The summed E-state index contributed by atoms with van der Waals surface area (Å²) in [4.78, 5) is 12.7. The molecule has 0 atom stereocenters. The van der Waals surface area contributed by atoms with Gasteiger partial charge in [0.25, 0.3) is 5.56 Å². The lowest BCUT2D eigenvalue weighted by Crippen LogP contribution is -2.32. The number of alkyl halides is 2. The zero-order valence-electron chi connectivity index (χ0n) is 14.3. The molecule has 1 heterocycles. The van der Waals surface area contributed by atoms with Crippen LogP contribution in [-0.2, 0) is 11.3 Å². The largest absolute Gasteiger partial charge is 0.435 e. The number of rotatable bonds is 7. The third-order valence-electron chi connectivity index (χ3n) is 3.48. The molecule has 0 unspecified atom stereocenters. The number of hydrogen-bond acceptors (Lipinski definition) is 6. The van der Waals surface area contributed by atoms with Gasteiger partial charge in [0, 0.05) is 20.3 Å². The van der Waals surface area contributed by atoms with Crippen LogP contribution in [-0.4, -0.2) is 24.9 Å². The van der Waals surface area contributed by atoms with E-state index >= 15 is 0 Å². The van der Waals surface area contributed by atoms with Crippen LogP contribution in [0.15, 0.2) is 29.1 Å². The molecule has 2 rings (SSSR count). The maximum Gasteiger partial charge on any atom is 0.387 e. The van der Waals surface area contributed by atoms with Crippen LogP contribution in [0, 0.1) is 22.7 Å². The minimum absolute atomic E-state index is 0.00979. The maximum absolute atomic E-state index is 12.7. The number of aromatic nitrogens is 1. The summed E-state index contributed by atoms with van der Waals surface area (Å²) in [7, 11) is 1.54. The summed E-state index contributed by atoms with van der Waals surface area (Å²) in [5.74, 6) is 0.00979. The zero-order chi connectivity index (χ0) is 19.8. The molecule has 1 aromatic carbocycles. The Morgan fingerprint density at radius 3 is 2.52 bits per heavy atom. The molecule has 0 saturated heterocycles. The van der Waals surface area contributed by atoms with Crippen molar-refractivity contribution in [3.63, 3.8) is 0 Å². The van der Waals surface area contributed by atoms with E-state index in [0.717, 1.165) is 11.3 Å². The number of benzene rings is 1. The molecule has 0 fully saturated rings. The second-order valence-corrected chi connectivity index (χ2v) is 6.30. The van der Waals surface area contributed by atoms with E-state index in [2.05, 4.69) is 4.74 Å². The molecule has 0 N–H and O–H groups in total. The van der Waals surface area contributed by atoms with Crippen molar-refractivity contribution in [1.82, 2.24) is 4.57 Å². The van der Waals surface area contributed by atoms with E-state index in [4.69, 9.17) is 15.3 Å². The van der Waals surface area contributed by atoms with Crippen LogP contribution >= 0.6 is 11.3 Å². The van der Waals surface area contributed by atoms with Crippen molar-refractivity contribution in [3.8, 4) is 17.9 Å². The normalized spacial score (nSPS) is 11.3. The van der Waals surface area contributed by atoms with Crippen molar-refractivity contribution in [2.45, 2.75) is 19.6 Å². The molecule has 140 valence electrons. The number of methoxy groups -OCH3 is 1. The fourth-order valence-electron chi connectivity index (χ4n) is 2.29. The monoisotopic (exact) mass is 391 g/mol. The second kappa shape index (κ2) is 9.62. The van der Waals surface area contributed by atoms with Crippen LogP contribution in [0.1, 0.15) is 12.0 Å². The molecule has 0 amide bonds. The second-order valence-electron chi connectivity index (χ2n) is 5.27. The molecule has 0 radical (unpaired) electrons. The number of halogens is 2. The van der Waals surface area contributed by atoms with Crippen LogP contribution in [0.4, 0.5) is 8.78 Å². The van der Waals surface area contributed by atoms with Crippen molar-refractivity contribution in [1.29, 1.82) is 10.5 Å². The van der Waals surface area contributed by atoms with Gasteiger partial charge in [-0.3, -0.25) is 9.36 Å². The Balaban J connectivity index is 2.51. The summed E-state index contributed by atoms with van der Waals surface area (Å²) >= 11 is 1.03. The van der Waals surface area contributed by atoms with Gasteiger partial charge in [0.2, 0.25) is 0 Å². The highest BCUT2D eigenvalue weighted by molar-refractivity contribution is 7.07. The lowest BCUT2D eigenvalue weighted by atomic mass is 10.2. The summed E-state index contributed by atoms with van der Waals surface area (Å²) in [6.07, 6.45) is 2.12. The highest BCUT2D eigenvalue weighted by Gasteiger charge is 2.09. The minimum Gasteiger partial charge on any atom is -0.435 e. The third-order valence-corrected chi connectivity index (χ3v) is 4.61. The van der Waals surface area contributed by atoms with Crippen molar-refractivity contribution in [2.24, 2.45) is 0 Å². The van der Waals surface area contributed by atoms with Gasteiger partial charge in [0.05, 0.1) is 4.53 Å². The van der Waals surface area contributed by atoms with Crippen molar-refractivity contribution >= 4 is 23.0 Å². The molecule has 0 saturated carbocycles. The first-order valence-corrected chi connectivity index (χ1v) is 8.61. The summed E-state index contributed by atoms with van der Waals surface area (Å²) in [5.41, 5.74) is 0.123. The summed E-state index contributed by atoms with van der Waals surface area (Å²) < 4.78 is 35.7. The van der Waals surface area contributed by atoms with E-state index < -0.39 is 6.61 Å². The Labute approximate surface area is 157 Å². The van der Waals surface area contributed by atoms with Gasteiger partial charge in [-0.05, 0) is 30.2 Å².